The number of aromatic nitrogens is 2. The molecule has 0 saturated heterocycles. The van der Waals surface area contributed by atoms with Gasteiger partial charge in [-0.25, -0.2) is 0 Å². The lowest BCUT2D eigenvalue weighted by Crippen LogP contribution is -2.14. The number of anilines is 1. The molecule has 27 heavy (non-hydrogen) atoms. The van der Waals surface area contributed by atoms with Crippen LogP contribution in [0.3, 0.4) is 0 Å². The van der Waals surface area contributed by atoms with E-state index in [1.807, 2.05) is 24.3 Å². The highest BCUT2D eigenvalue weighted by Gasteiger charge is 2.26. The molecule has 0 bridgehead atoms. The zero-order chi connectivity index (χ0) is 18.8. The third-order valence-corrected chi connectivity index (χ3v) is 5.46. The van der Waals surface area contributed by atoms with Gasteiger partial charge in [0.25, 0.3) is 5.89 Å². The maximum absolute atomic E-state index is 12.6. The van der Waals surface area contributed by atoms with Crippen molar-refractivity contribution in [2.45, 2.75) is 26.4 Å². The number of carbonyl (C=O) groups is 1. The molecule has 0 radical (unpaired) electrons. The lowest BCUT2D eigenvalue weighted by atomic mass is 10.1. The summed E-state index contributed by atoms with van der Waals surface area (Å²) in [5, 5.41) is 7.64. The minimum atomic E-state index is -0.0998. The Labute approximate surface area is 160 Å². The average molecular weight is 385 g/mol. The maximum atomic E-state index is 12.6. The van der Waals surface area contributed by atoms with Crippen LogP contribution in [0.15, 0.2) is 28.8 Å². The van der Waals surface area contributed by atoms with Gasteiger partial charge in [-0.05, 0) is 36.6 Å². The van der Waals surface area contributed by atoms with E-state index in [9.17, 15) is 4.79 Å². The van der Waals surface area contributed by atoms with Crippen molar-refractivity contribution in [2.75, 3.05) is 19.0 Å². The number of benzene rings is 1. The summed E-state index contributed by atoms with van der Waals surface area (Å²) >= 11 is 1.51. The summed E-state index contributed by atoms with van der Waals surface area (Å²) < 4.78 is 16.1. The highest BCUT2D eigenvalue weighted by atomic mass is 32.1. The highest BCUT2D eigenvalue weighted by molar-refractivity contribution is 7.17. The molecule has 1 aliphatic heterocycles. The molecule has 0 fully saturated rings. The molecule has 7 nitrogen and oxygen atoms in total. The van der Waals surface area contributed by atoms with E-state index in [2.05, 4.69) is 15.5 Å². The molecule has 4 rings (SSSR count). The fraction of sp³-hybridized carbons (Fsp3) is 0.316. The number of ether oxygens (including phenoxy) is 2. The predicted octanol–water partition coefficient (Wildman–Crippen LogP) is 3.37. The van der Waals surface area contributed by atoms with Gasteiger partial charge in [-0.2, -0.15) is 4.98 Å². The van der Waals surface area contributed by atoms with Crippen molar-refractivity contribution in [2.24, 2.45) is 0 Å². The van der Waals surface area contributed by atoms with Crippen LogP contribution in [-0.4, -0.2) is 29.8 Å². The van der Waals surface area contributed by atoms with Crippen LogP contribution in [0.4, 0.5) is 5.00 Å². The van der Waals surface area contributed by atoms with Gasteiger partial charge in [0.15, 0.2) is 5.82 Å². The number of hydrogen-bond donors (Lipinski definition) is 1. The van der Waals surface area contributed by atoms with Crippen LogP contribution < -0.4 is 10.1 Å². The van der Waals surface area contributed by atoms with E-state index in [0.717, 1.165) is 38.7 Å². The van der Waals surface area contributed by atoms with E-state index in [1.54, 1.807) is 14.0 Å². The largest absolute Gasteiger partial charge is 0.497 e. The van der Waals surface area contributed by atoms with Crippen molar-refractivity contribution < 1.29 is 18.8 Å². The molecule has 3 aromatic rings. The minimum Gasteiger partial charge on any atom is -0.497 e. The van der Waals surface area contributed by atoms with Crippen molar-refractivity contribution in [3.63, 3.8) is 0 Å². The molecule has 0 atom stereocenters. The normalized spacial score (nSPS) is 13.3. The Hall–Kier alpha value is -2.71. The summed E-state index contributed by atoms with van der Waals surface area (Å²) in [6.07, 6.45) is 1.03. The van der Waals surface area contributed by atoms with Crippen molar-refractivity contribution in [1.82, 2.24) is 10.1 Å². The summed E-state index contributed by atoms with van der Waals surface area (Å²) in [5.41, 5.74) is 2.85. The number of aryl methyl sites for hydroxylation is 1. The molecule has 3 heterocycles. The van der Waals surface area contributed by atoms with E-state index < -0.39 is 0 Å². The van der Waals surface area contributed by atoms with E-state index >= 15 is 0 Å². The molecule has 0 aliphatic carbocycles. The first-order valence-electron chi connectivity index (χ1n) is 8.60. The van der Waals surface area contributed by atoms with Gasteiger partial charge in [-0.15, -0.1) is 11.3 Å². The number of methoxy groups -OCH3 is 1. The van der Waals surface area contributed by atoms with Crippen LogP contribution in [0.5, 0.6) is 5.75 Å². The Balaban J connectivity index is 1.59. The van der Waals surface area contributed by atoms with Crippen molar-refractivity contribution in [3.05, 3.63) is 46.1 Å². The van der Waals surface area contributed by atoms with Gasteiger partial charge in [0.05, 0.1) is 32.3 Å². The first-order valence-corrected chi connectivity index (χ1v) is 9.41. The zero-order valence-electron chi connectivity index (χ0n) is 15.1. The second-order valence-corrected chi connectivity index (χ2v) is 7.34. The highest BCUT2D eigenvalue weighted by Crippen LogP contribution is 2.42. The molecule has 2 aromatic heterocycles. The van der Waals surface area contributed by atoms with Gasteiger partial charge in [0, 0.05) is 4.88 Å². The van der Waals surface area contributed by atoms with E-state index in [4.69, 9.17) is 14.0 Å². The molecule has 1 N–H and O–H groups in total. The van der Waals surface area contributed by atoms with Crippen LogP contribution in [0.1, 0.15) is 21.8 Å². The number of fused-ring (bicyclic) bond motifs is 1. The fourth-order valence-corrected chi connectivity index (χ4v) is 4.24. The number of amides is 1. The molecule has 0 spiro atoms. The van der Waals surface area contributed by atoms with Crippen LogP contribution in [0.2, 0.25) is 0 Å². The van der Waals surface area contributed by atoms with Gasteiger partial charge < -0.3 is 19.3 Å². The number of hydrogen-bond acceptors (Lipinski definition) is 7. The Morgan fingerprint density at radius 3 is 2.85 bits per heavy atom. The van der Waals surface area contributed by atoms with Crippen LogP contribution in [0, 0.1) is 6.92 Å². The quantitative estimate of drug-likeness (QED) is 0.725. The number of nitrogens with one attached hydrogen (secondary N) is 1. The topological polar surface area (TPSA) is 86.5 Å². The standard InChI is InChI=1S/C19H19N3O4S/c1-11-20-18(26-22-11)17-14-7-8-25-10-15(14)27-19(17)21-16(23)9-12-3-5-13(24-2)6-4-12/h3-6H,7-10H2,1-2H3,(H,21,23). The molecular formula is C19H19N3O4S. The van der Waals surface area contributed by atoms with E-state index in [-0.39, 0.29) is 12.3 Å². The number of rotatable bonds is 5. The summed E-state index contributed by atoms with van der Waals surface area (Å²) in [7, 11) is 1.62. The minimum absolute atomic E-state index is 0.0998. The predicted molar refractivity (Wildman–Crippen MR) is 101 cm³/mol. The number of carbonyl (C=O) groups excluding carboxylic acids is 1. The summed E-state index contributed by atoms with van der Waals surface area (Å²) in [4.78, 5) is 18.0. The van der Waals surface area contributed by atoms with Gasteiger partial charge in [0.2, 0.25) is 5.91 Å². The molecule has 0 saturated carbocycles. The van der Waals surface area contributed by atoms with Gasteiger partial charge >= 0.3 is 0 Å². The lowest BCUT2D eigenvalue weighted by molar-refractivity contribution is -0.115. The molecule has 8 heteroatoms. The van der Waals surface area contributed by atoms with Gasteiger partial charge in [-0.1, -0.05) is 17.3 Å². The summed E-state index contributed by atoms with van der Waals surface area (Å²) in [6, 6.07) is 7.45. The second-order valence-electron chi connectivity index (χ2n) is 6.23. The SMILES string of the molecule is COc1ccc(CC(=O)Nc2sc3c(c2-c2nc(C)no2)CCOC3)cc1. The second kappa shape index (κ2) is 7.50. The average Bonchev–Trinajstić information content (AvgIpc) is 3.24. The third-order valence-electron chi connectivity index (χ3n) is 4.34. The van der Waals surface area contributed by atoms with E-state index in [1.165, 1.54) is 11.3 Å². The van der Waals surface area contributed by atoms with Gasteiger partial charge in [0.1, 0.15) is 10.8 Å². The molecular weight excluding hydrogens is 366 g/mol. The van der Waals surface area contributed by atoms with Crippen molar-refractivity contribution in [1.29, 1.82) is 0 Å². The smallest absolute Gasteiger partial charge is 0.261 e. The number of nitrogens with zero attached hydrogens (tertiary/aromatic N) is 2. The monoisotopic (exact) mass is 385 g/mol. The summed E-state index contributed by atoms with van der Waals surface area (Å²) in [5.74, 6) is 1.66. The fourth-order valence-electron chi connectivity index (χ4n) is 3.04. The van der Waals surface area contributed by atoms with Crippen molar-refractivity contribution >= 4 is 22.2 Å². The van der Waals surface area contributed by atoms with Gasteiger partial charge in [-0.3, -0.25) is 4.79 Å². The summed E-state index contributed by atoms with van der Waals surface area (Å²) in [6.45, 7) is 2.95. The number of thiophene rings is 1. The molecule has 1 amide bonds. The maximum Gasteiger partial charge on any atom is 0.261 e. The van der Waals surface area contributed by atoms with Crippen LogP contribution in [0.25, 0.3) is 11.5 Å². The first-order chi connectivity index (χ1) is 13.1. The molecule has 1 aromatic carbocycles. The lowest BCUT2D eigenvalue weighted by Gasteiger charge is -2.12. The van der Waals surface area contributed by atoms with Crippen LogP contribution >= 0.6 is 11.3 Å². The zero-order valence-corrected chi connectivity index (χ0v) is 15.9. The van der Waals surface area contributed by atoms with Crippen LogP contribution in [-0.2, 0) is 29.0 Å². The molecule has 1 aliphatic rings. The Morgan fingerprint density at radius 1 is 1.33 bits per heavy atom. The Morgan fingerprint density at radius 2 is 2.15 bits per heavy atom. The third kappa shape index (κ3) is 3.72. The first kappa shape index (κ1) is 17.7. The van der Waals surface area contributed by atoms with E-state index in [0.29, 0.717) is 24.9 Å². The Bertz CT molecular complexity index is 962. The Kier molecular flexibility index (Phi) is 4.91. The van der Waals surface area contributed by atoms with Crippen molar-refractivity contribution in [3.8, 4) is 17.2 Å². The molecule has 0 unspecified atom stereocenters. The molecule has 140 valence electrons.